The molecule has 1 atom stereocenters. The zero-order valence-electron chi connectivity index (χ0n) is 18.7. The van der Waals surface area contributed by atoms with Crippen molar-refractivity contribution in [2.75, 3.05) is 6.54 Å². The van der Waals surface area contributed by atoms with Crippen molar-refractivity contribution in [2.45, 2.75) is 72.9 Å². The van der Waals surface area contributed by atoms with Crippen LogP contribution < -0.4 is 11.1 Å². The largest absolute Gasteiger partial charge is 0.354 e. The number of nitrogens with two attached hydrogens (primary N) is 1. The molecule has 1 aromatic carbocycles. The van der Waals surface area contributed by atoms with Crippen LogP contribution in [0.2, 0.25) is 0 Å². The first-order chi connectivity index (χ1) is 13.2. The molecule has 0 spiro atoms. The van der Waals surface area contributed by atoms with Gasteiger partial charge in [-0.3, -0.25) is 9.48 Å². The summed E-state index contributed by atoms with van der Waals surface area (Å²) in [4.78, 5) is 12.3. The van der Waals surface area contributed by atoms with Gasteiger partial charge < -0.3 is 11.1 Å². The molecule has 0 aliphatic heterocycles. The lowest BCUT2D eigenvalue weighted by atomic mass is 9.99. The number of carbonyl (C=O) groups is 1. The first-order valence-corrected chi connectivity index (χ1v) is 10.3. The second kappa shape index (κ2) is 11.4. The van der Waals surface area contributed by atoms with E-state index in [2.05, 4.69) is 74.0 Å². The monoisotopic (exact) mass is 420 g/mol. The molecule has 0 fully saturated rings. The predicted octanol–water partition coefficient (Wildman–Crippen LogP) is 4.45. The Kier molecular flexibility index (Phi) is 9.87. The summed E-state index contributed by atoms with van der Waals surface area (Å²) < 4.78 is 2.06. The highest BCUT2D eigenvalue weighted by atomic mass is 35.5. The Morgan fingerprint density at radius 1 is 1.10 bits per heavy atom. The van der Waals surface area contributed by atoms with Crippen LogP contribution in [-0.2, 0) is 17.8 Å². The van der Waals surface area contributed by atoms with E-state index in [9.17, 15) is 4.79 Å². The summed E-state index contributed by atoms with van der Waals surface area (Å²) >= 11 is 0. The van der Waals surface area contributed by atoms with E-state index >= 15 is 0 Å². The minimum Gasteiger partial charge on any atom is -0.354 e. The average molecular weight is 421 g/mol. The zero-order valence-corrected chi connectivity index (χ0v) is 19.5. The molecule has 0 radical (unpaired) electrons. The number of benzene rings is 1. The maximum Gasteiger partial charge on any atom is 0.220 e. The van der Waals surface area contributed by atoms with Gasteiger partial charge in [-0.05, 0) is 48.8 Å². The highest BCUT2D eigenvalue weighted by molar-refractivity contribution is 5.85. The standard InChI is InChI=1S/C23H36N4O.ClH/c1-15(2)14-27-18(6)21(17(5)26-27)11-12-23(28)25-13-22(24)20-9-7-19(8-10-20)16(3)4;/h7-10,15-16,22H,11-14,24H2,1-6H3,(H,25,28);1H. The van der Waals surface area contributed by atoms with Crippen molar-refractivity contribution in [2.24, 2.45) is 11.7 Å². The second-order valence-corrected chi connectivity index (χ2v) is 8.46. The van der Waals surface area contributed by atoms with Crippen LogP contribution in [-0.4, -0.2) is 22.2 Å². The summed E-state index contributed by atoms with van der Waals surface area (Å²) in [5.41, 5.74) is 12.0. The molecule has 2 aromatic rings. The molecule has 1 unspecified atom stereocenters. The van der Waals surface area contributed by atoms with Gasteiger partial charge in [0.2, 0.25) is 5.91 Å². The van der Waals surface area contributed by atoms with E-state index in [0.717, 1.165) is 17.8 Å². The van der Waals surface area contributed by atoms with Crippen LogP contribution in [0.3, 0.4) is 0 Å². The van der Waals surface area contributed by atoms with Crippen molar-refractivity contribution in [3.8, 4) is 0 Å². The second-order valence-electron chi connectivity index (χ2n) is 8.46. The summed E-state index contributed by atoms with van der Waals surface area (Å²) in [6.45, 7) is 14.2. The van der Waals surface area contributed by atoms with Crippen molar-refractivity contribution >= 4 is 18.3 Å². The van der Waals surface area contributed by atoms with Gasteiger partial charge in [-0.15, -0.1) is 12.4 Å². The van der Waals surface area contributed by atoms with Crippen molar-refractivity contribution in [1.82, 2.24) is 15.1 Å². The molecule has 6 heteroatoms. The highest BCUT2D eigenvalue weighted by Crippen LogP contribution is 2.18. The lowest BCUT2D eigenvalue weighted by Gasteiger charge is -2.15. The third-order valence-corrected chi connectivity index (χ3v) is 5.22. The van der Waals surface area contributed by atoms with Crippen molar-refractivity contribution in [1.29, 1.82) is 0 Å². The molecule has 1 amide bonds. The van der Waals surface area contributed by atoms with Crippen LogP contribution in [0.5, 0.6) is 0 Å². The number of aryl methyl sites for hydroxylation is 1. The van der Waals surface area contributed by atoms with E-state index in [1.165, 1.54) is 16.8 Å². The molecule has 2 rings (SSSR count). The number of hydrogen-bond donors (Lipinski definition) is 2. The van der Waals surface area contributed by atoms with Crippen LogP contribution in [0.1, 0.15) is 74.2 Å². The summed E-state index contributed by atoms with van der Waals surface area (Å²) in [6.07, 6.45) is 1.16. The average Bonchev–Trinajstić information content (AvgIpc) is 2.90. The molecule has 29 heavy (non-hydrogen) atoms. The zero-order chi connectivity index (χ0) is 20.8. The van der Waals surface area contributed by atoms with E-state index in [0.29, 0.717) is 31.2 Å². The van der Waals surface area contributed by atoms with Gasteiger partial charge in [0, 0.05) is 31.2 Å². The highest BCUT2D eigenvalue weighted by Gasteiger charge is 2.14. The Morgan fingerprint density at radius 2 is 1.69 bits per heavy atom. The van der Waals surface area contributed by atoms with Crippen molar-refractivity contribution in [3.05, 3.63) is 52.3 Å². The number of aromatic nitrogens is 2. The van der Waals surface area contributed by atoms with Gasteiger partial charge in [0.15, 0.2) is 0 Å². The summed E-state index contributed by atoms with van der Waals surface area (Å²) in [5, 5.41) is 7.60. The van der Waals surface area contributed by atoms with Crippen LogP contribution in [0.25, 0.3) is 0 Å². The minimum atomic E-state index is -0.192. The number of amides is 1. The number of rotatable bonds is 9. The maximum atomic E-state index is 12.3. The van der Waals surface area contributed by atoms with E-state index in [1.54, 1.807) is 0 Å². The normalized spacial score (nSPS) is 12.2. The van der Waals surface area contributed by atoms with Crippen LogP contribution in [0, 0.1) is 19.8 Å². The lowest BCUT2D eigenvalue weighted by Crippen LogP contribution is -2.32. The molecule has 0 aliphatic rings. The number of hydrogen-bond acceptors (Lipinski definition) is 3. The van der Waals surface area contributed by atoms with E-state index in [-0.39, 0.29) is 24.4 Å². The summed E-state index contributed by atoms with van der Waals surface area (Å²) in [6, 6.07) is 8.15. The first kappa shape index (κ1) is 25.2. The molecule has 0 saturated carbocycles. The third kappa shape index (κ3) is 7.16. The fourth-order valence-corrected chi connectivity index (χ4v) is 3.42. The van der Waals surface area contributed by atoms with Crippen molar-refractivity contribution in [3.63, 3.8) is 0 Å². The van der Waals surface area contributed by atoms with Gasteiger partial charge in [-0.2, -0.15) is 5.10 Å². The quantitative estimate of drug-likeness (QED) is 0.629. The Labute approximate surface area is 181 Å². The summed E-state index contributed by atoms with van der Waals surface area (Å²) in [5.74, 6) is 1.08. The molecule has 0 aliphatic carbocycles. The minimum absolute atomic E-state index is 0. The Balaban J connectivity index is 0.00000420. The maximum absolute atomic E-state index is 12.3. The van der Waals surface area contributed by atoms with E-state index in [1.807, 2.05) is 6.92 Å². The molecule has 0 saturated heterocycles. The number of carbonyl (C=O) groups excluding carboxylic acids is 1. The van der Waals surface area contributed by atoms with Gasteiger partial charge in [0.05, 0.1) is 5.69 Å². The fourth-order valence-electron chi connectivity index (χ4n) is 3.42. The van der Waals surface area contributed by atoms with Gasteiger partial charge >= 0.3 is 0 Å². The lowest BCUT2D eigenvalue weighted by molar-refractivity contribution is -0.121. The molecular weight excluding hydrogens is 384 g/mol. The predicted molar refractivity (Wildman–Crippen MR) is 123 cm³/mol. The topological polar surface area (TPSA) is 72.9 Å². The van der Waals surface area contributed by atoms with Crippen LogP contribution in [0.4, 0.5) is 0 Å². The van der Waals surface area contributed by atoms with Crippen LogP contribution in [0.15, 0.2) is 24.3 Å². The van der Waals surface area contributed by atoms with Gasteiger partial charge in [-0.25, -0.2) is 0 Å². The number of nitrogens with zero attached hydrogens (tertiary/aromatic N) is 2. The number of nitrogens with one attached hydrogen (secondary N) is 1. The molecular formula is C23H37ClN4O. The first-order valence-electron chi connectivity index (χ1n) is 10.3. The Morgan fingerprint density at radius 3 is 2.24 bits per heavy atom. The molecule has 1 heterocycles. The van der Waals surface area contributed by atoms with Crippen molar-refractivity contribution < 1.29 is 4.79 Å². The van der Waals surface area contributed by atoms with Gasteiger partial charge in [0.1, 0.15) is 0 Å². The number of halogens is 1. The smallest absolute Gasteiger partial charge is 0.220 e. The molecule has 0 bridgehead atoms. The van der Waals surface area contributed by atoms with E-state index in [4.69, 9.17) is 5.73 Å². The molecule has 1 aromatic heterocycles. The third-order valence-electron chi connectivity index (χ3n) is 5.22. The SMILES string of the molecule is Cc1nn(CC(C)C)c(C)c1CCC(=O)NCC(N)c1ccc(C(C)C)cc1.Cl. The molecule has 162 valence electrons. The van der Waals surface area contributed by atoms with Gasteiger partial charge in [-0.1, -0.05) is 52.0 Å². The molecule has 5 nitrogen and oxygen atoms in total. The fraction of sp³-hybridized carbons (Fsp3) is 0.565. The summed E-state index contributed by atoms with van der Waals surface area (Å²) in [7, 11) is 0. The molecule has 3 N–H and O–H groups in total. The van der Waals surface area contributed by atoms with Crippen LogP contribution >= 0.6 is 12.4 Å². The Bertz CT molecular complexity index is 781. The van der Waals surface area contributed by atoms with E-state index < -0.39 is 0 Å². The van der Waals surface area contributed by atoms with Gasteiger partial charge in [0.25, 0.3) is 0 Å². The Hall–Kier alpha value is -1.85.